The van der Waals surface area contributed by atoms with Crippen LogP contribution in [0.1, 0.15) is 25.3 Å². The number of halogens is 2. The van der Waals surface area contributed by atoms with E-state index in [1.165, 1.54) is 6.20 Å². The van der Waals surface area contributed by atoms with Gasteiger partial charge in [0.25, 0.3) is 0 Å². The van der Waals surface area contributed by atoms with Crippen molar-refractivity contribution in [2.45, 2.75) is 26.4 Å². The first-order chi connectivity index (χ1) is 6.09. The Morgan fingerprint density at radius 3 is 2.54 bits per heavy atom. The molecule has 0 amide bonds. The molecule has 0 aliphatic rings. The van der Waals surface area contributed by atoms with E-state index in [0.717, 1.165) is 5.56 Å². The maximum absolute atomic E-state index is 11.8. The van der Waals surface area contributed by atoms with E-state index in [1.54, 1.807) is 12.3 Å². The summed E-state index contributed by atoms with van der Waals surface area (Å²) in [5.41, 5.74) is 0.887. The summed E-state index contributed by atoms with van der Waals surface area (Å²) in [6.07, 6.45) is 2.92. The number of nitrogens with zero attached hydrogens (tertiary/aromatic N) is 1. The second kappa shape index (κ2) is 4.16. The summed E-state index contributed by atoms with van der Waals surface area (Å²) in [5.74, 6) is 0.370. The third-order valence-electron chi connectivity index (χ3n) is 1.63. The average Bonchev–Trinajstić information content (AvgIpc) is 2.03. The quantitative estimate of drug-likeness (QED) is 0.725. The molecule has 0 aliphatic heterocycles. The highest BCUT2D eigenvalue weighted by Gasteiger charge is 2.06. The molecule has 0 bridgehead atoms. The summed E-state index contributed by atoms with van der Waals surface area (Å²) in [5, 5.41) is 0. The van der Waals surface area contributed by atoms with Crippen LogP contribution >= 0.6 is 0 Å². The molecule has 1 aromatic rings. The molecule has 13 heavy (non-hydrogen) atoms. The largest absolute Gasteiger partial charge is 0.433 e. The van der Waals surface area contributed by atoms with Crippen molar-refractivity contribution in [2.75, 3.05) is 0 Å². The molecule has 0 radical (unpaired) electrons. The van der Waals surface area contributed by atoms with Crippen LogP contribution in [0.4, 0.5) is 8.78 Å². The molecule has 0 saturated carbocycles. The van der Waals surface area contributed by atoms with Crippen LogP contribution in [0.5, 0.6) is 5.75 Å². The van der Waals surface area contributed by atoms with Crippen LogP contribution in [0, 0.1) is 0 Å². The summed E-state index contributed by atoms with van der Waals surface area (Å²) in [6.45, 7) is 1.14. The van der Waals surface area contributed by atoms with Gasteiger partial charge in [-0.3, -0.25) is 4.98 Å². The Balaban J connectivity index is 2.79. The van der Waals surface area contributed by atoms with Crippen LogP contribution in [0.2, 0.25) is 0 Å². The van der Waals surface area contributed by atoms with Crippen LogP contribution in [-0.2, 0) is 0 Å². The molecule has 0 N–H and O–H groups in total. The van der Waals surface area contributed by atoms with Gasteiger partial charge in [-0.1, -0.05) is 13.8 Å². The summed E-state index contributed by atoms with van der Waals surface area (Å²) in [4.78, 5) is 3.80. The molecular formula is C9H11F2NO. The highest BCUT2D eigenvalue weighted by atomic mass is 19.3. The fourth-order valence-corrected chi connectivity index (χ4v) is 0.919. The van der Waals surface area contributed by atoms with E-state index in [-0.39, 0.29) is 11.7 Å². The zero-order valence-corrected chi connectivity index (χ0v) is 7.50. The van der Waals surface area contributed by atoms with Gasteiger partial charge in [0.15, 0.2) is 0 Å². The zero-order chi connectivity index (χ0) is 9.84. The van der Waals surface area contributed by atoms with Gasteiger partial charge in [-0.15, -0.1) is 0 Å². The van der Waals surface area contributed by atoms with E-state index >= 15 is 0 Å². The Labute approximate surface area is 75.6 Å². The van der Waals surface area contributed by atoms with Crippen molar-refractivity contribution in [1.29, 1.82) is 0 Å². The van der Waals surface area contributed by atoms with E-state index in [2.05, 4.69) is 9.72 Å². The van der Waals surface area contributed by atoms with Crippen molar-refractivity contribution >= 4 is 0 Å². The van der Waals surface area contributed by atoms with Crippen LogP contribution in [0.3, 0.4) is 0 Å². The minimum Gasteiger partial charge on any atom is -0.433 e. The van der Waals surface area contributed by atoms with Crippen LogP contribution < -0.4 is 4.74 Å². The third-order valence-corrected chi connectivity index (χ3v) is 1.63. The number of hydrogen-bond acceptors (Lipinski definition) is 2. The van der Waals surface area contributed by atoms with Crippen molar-refractivity contribution in [3.63, 3.8) is 0 Å². The molecule has 4 heteroatoms. The normalized spacial score (nSPS) is 10.9. The first kappa shape index (κ1) is 9.89. The Morgan fingerprint density at radius 1 is 1.31 bits per heavy atom. The average molecular weight is 187 g/mol. The summed E-state index contributed by atoms with van der Waals surface area (Å²) >= 11 is 0. The summed E-state index contributed by atoms with van der Waals surface area (Å²) in [6, 6.07) is 1.57. The topological polar surface area (TPSA) is 22.1 Å². The molecule has 1 heterocycles. The molecule has 1 aromatic heterocycles. The van der Waals surface area contributed by atoms with Gasteiger partial charge in [-0.05, 0) is 17.5 Å². The lowest BCUT2D eigenvalue weighted by molar-refractivity contribution is -0.0501. The predicted octanol–water partition coefficient (Wildman–Crippen LogP) is 2.81. The molecule has 72 valence electrons. The number of pyridine rings is 1. The second-order valence-electron chi connectivity index (χ2n) is 2.99. The van der Waals surface area contributed by atoms with Gasteiger partial charge in [0, 0.05) is 6.20 Å². The van der Waals surface area contributed by atoms with E-state index in [0.29, 0.717) is 0 Å². The maximum Gasteiger partial charge on any atom is 0.387 e. The van der Waals surface area contributed by atoms with E-state index in [1.807, 2.05) is 13.8 Å². The van der Waals surface area contributed by atoms with Gasteiger partial charge >= 0.3 is 6.61 Å². The number of ether oxygens (including phenoxy) is 1. The van der Waals surface area contributed by atoms with Crippen molar-refractivity contribution in [3.8, 4) is 5.75 Å². The Hall–Kier alpha value is -1.19. The molecule has 0 spiro atoms. The lowest BCUT2D eigenvalue weighted by Crippen LogP contribution is -2.02. The van der Waals surface area contributed by atoms with Crippen molar-refractivity contribution in [3.05, 3.63) is 24.0 Å². The number of alkyl halides is 2. The zero-order valence-electron chi connectivity index (χ0n) is 7.50. The van der Waals surface area contributed by atoms with E-state index in [4.69, 9.17) is 0 Å². The van der Waals surface area contributed by atoms with Gasteiger partial charge < -0.3 is 4.74 Å². The Morgan fingerprint density at radius 2 is 2.00 bits per heavy atom. The number of hydrogen-bond donors (Lipinski definition) is 0. The molecule has 2 nitrogen and oxygen atoms in total. The van der Waals surface area contributed by atoms with Crippen molar-refractivity contribution in [2.24, 2.45) is 0 Å². The van der Waals surface area contributed by atoms with Crippen LogP contribution in [0.15, 0.2) is 18.5 Å². The molecule has 1 rings (SSSR count). The fraction of sp³-hybridized carbons (Fsp3) is 0.444. The summed E-state index contributed by atoms with van der Waals surface area (Å²) in [7, 11) is 0. The molecule has 0 fully saturated rings. The molecule has 0 atom stereocenters. The van der Waals surface area contributed by atoms with Gasteiger partial charge in [0.1, 0.15) is 5.75 Å². The second-order valence-corrected chi connectivity index (χ2v) is 2.99. The van der Waals surface area contributed by atoms with Crippen molar-refractivity contribution in [1.82, 2.24) is 4.98 Å². The molecule has 0 saturated heterocycles. The Bertz CT molecular complexity index is 276. The minimum absolute atomic E-state index is 0.112. The third kappa shape index (κ3) is 2.97. The number of aromatic nitrogens is 1. The molecule has 0 aliphatic carbocycles. The maximum atomic E-state index is 11.8. The first-order valence-corrected chi connectivity index (χ1v) is 3.99. The molecule has 0 aromatic carbocycles. The lowest BCUT2D eigenvalue weighted by atomic mass is 10.1. The van der Waals surface area contributed by atoms with Crippen molar-refractivity contribution < 1.29 is 13.5 Å². The summed E-state index contributed by atoms with van der Waals surface area (Å²) < 4.78 is 27.8. The lowest BCUT2D eigenvalue weighted by Gasteiger charge is -2.07. The van der Waals surface area contributed by atoms with E-state index < -0.39 is 6.61 Å². The van der Waals surface area contributed by atoms with Crippen LogP contribution in [-0.4, -0.2) is 11.6 Å². The SMILES string of the molecule is CC(C)c1cncc(OC(F)F)c1. The number of rotatable bonds is 3. The monoisotopic (exact) mass is 187 g/mol. The highest BCUT2D eigenvalue weighted by molar-refractivity contribution is 5.25. The Kier molecular flexibility index (Phi) is 3.17. The smallest absolute Gasteiger partial charge is 0.387 e. The highest BCUT2D eigenvalue weighted by Crippen LogP contribution is 2.19. The van der Waals surface area contributed by atoms with Gasteiger partial charge in [-0.25, -0.2) is 0 Å². The standard InChI is InChI=1S/C9H11F2NO/c1-6(2)7-3-8(5-12-4-7)13-9(10)11/h3-6,9H,1-2H3. The predicted molar refractivity (Wildman–Crippen MR) is 45.0 cm³/mol. The van der Waals surface area contributed by atoms with Crippen LogP contribution in [0.25, 0.3) is 0 Å². The van der Waals surface area contributed by atoms with Gasteiger partial charge in [-0.2, -0.15) is 8.78 Å². The minimum atomic E-state index is -2.79. The fourth-order valence-electron chi connectivity index (χ4n) is 0.919. The van der Waals surface area contributed by atoms with E-state index in [9.17, 15) is 8.78 Å². The molecule has 0 unspecified atom stereocenters. The molecular weight excluding hydrogens is 176 g/mol. The van der Waals surface area contributed by atoms with Gasteiger partial charge in [0.2, 0.25) is 0 Å². The van der Waals surface area contributed by atoms with Gasteiger partial charge in [0.05, 0.1) is 6.20 Å². The first-order valence-electron chi connectivity index (χ1n) is 3.99.